The van der Waals surface area contributed by atoms with Crippen molar-refractivity contribution in [3.63, 3.8) is 0 Å². The summed E-state index contributed by atoms with van der Waals surface area (Å²) >= 11 is 0. The Hall–Kier alpha value is -7.12. The third kappa shape index (κ3) is 5.41. The molecule has 58 heavy (non-hydrogen) atoms. The van der Waals surface area contributed by atoms with Crippen LogP contribution in [0, 0.1) is 0 Å². The summed E-state index contributed by atoms with van der Waals surface area (Å²) in [5, 5.41) is 52.0. The van der Waals surface area contributed by atoms with E-state index in [9.17, 15) is 39.6 Å². The van der Waals surface area contributed by atoms with Crippen LogP contribution in [0.5, 0.6) is 28.7 Å². The van der Waals surface area contributed by atoms with Crippen LogP contribution in [0.15, 0.2) is 79.7 Å². The molecule has 1 aliphatic heterocycles. The lowest BCUT2D eigenvalue weighted by Crippen LogP contribution is -2.36. The van der Waals surface area contributed by atoms with Crippen molar-refractivity contribution in [1.29, 1.82) is 0 Å². The van der Waals surface area contributed by atoms with Crippen LogP contribution >= 0.6 is 0 Å². The van der Waals surface area contributed by atoms with Crippen LogP contribution in [0.25, 0.3) is 38.5 Å². The highest BCUT2D eigenvalue weighted by Crippen LogP contribution is 2.62. The zero-order valence-corrected chi connectivity index (χ0v) is 32.1. The molecule has 4 aromatic carbocycles. The number of carbonyl (C=O) groups excluding carboxylic acids is 4. The van der Waals surface area contributed by atoms with Crippen LogP contribution < -0.4 is 4.74 Å². The van der Waals surface area contributed by atoms with Gasteiger partial charge in [-0.1, -0.05) is 0 Å². The van der Waals surface area contributed by atoms with Crippen LogP contribution in [0.3, 0.4) is 0 Å². The van der Waals surface area contributed by atoms with Crippen molar-refractivity contribution in [1.82, 2.24) is 0 Å². The van der Waals surface area contributed by atoms with Gasteiger partial charge in [0.05, 0.1) is 28.2 Å². The van der Waals surface area contributed by atoms with Gasteiger partial charge in [0.1, 0.15) is 74.0 Å². The van der Waals surface area contributed by atoms with Gasteiger partial charge in [0.25, 0.3) is 0 Å². The average Bonchev–Trinajstić information content (AvgIpc) is 3.94. The highest BCUT2D eigenvalue weighted by molar-refractivity contribution is 6.04. The fourth-order valence-corrected chi connectivity index (χ4v) is 8.46. The Bertz CT molecular complexity index is 2900. The summed E-state index contributed by atoms with van der Waals surface area (Å²) in [6, 6.07) is 15.1. The highest BCUT2D eigenvalue weighted by atomic mass is 16.5. The van der Waals surface area contributed by atoms with E-state index in [1.54, 1.807) is 31.2 Å². The van der Waals surface area contributed by atoms with Crippen LogP contribution in [0.1, 0.15) is 110 Å². The summed E-state index contributed by atoms with van der Waals surface area (Å²) in [6.45, 7) is 7.13. The van der Waals surface area contributed by atoms with Crippen molar-refractivity contribution in [2.24, 2.45) is 0 Å². The van der Waals surface area contributed by atoms with E-state index < -0.39 is 17.1 Å². The lowest BCUT2D eigenvalue weighted by atomic mass is 9.65. The maximum atomic E-state index is 12.9. The Morgan fingerprint density at radius 2 is 1.03 bits per heavy atom. The van der Waals surface area contributed by atoms with E-state index in [1.807, 2.05) is 0 Å². The topological polar surface area (TPSA) is 218 Å². The molecule has 13 heteroatoms. The van der Waals surface area contributed by atoms with Gasteiger partial charge in [0.2, 0.25) is 0 Å². The highest BCUT2D eigenvalue weighted by Gasteiger charge is 2.57. The minimum Gasteiger partial charge on any atom is -0.507 e. The van der Waals surface area contributed by atoms with E-state index in [-0.39, 0.29) is 103 Å². The first kappa shape index (κ1) is 37.8. The number of allylic oxidation sites excluding steroid dienone is 2. The van der Waals surface area contributed by atoms with E-state index in [0.29, 0.717) is 44.4 Å². The Morgan fingerprint density at radius 3 is 1.53 bits per heavy atom. The molecule has 294 valence electrons. The Balaban J connectivity index is 0.00000231. The number of aromatic hydroxyl groups is 4. The first-order chi connectivity index (χ1) is 27.6. The van der Waals surface area contributed by atoms with Crippen LogP contribution in [0.4, 0.5) is 0 Å². The SMILES string of the molecule is CC(=O)c1cc2c(cc1O)OC1=C(C)c3oc4cc(O)c(C(C)=O)cc4c3CC(c3cc4cc(C(C)=O)c(O)cc4o3)(c3cc4cc(C(C)=O)c(O)cc4o3)C12.CO. The Morgan fingerprint density at radius 1 is 0.586 bits per heavy atom. The number of phenolic OH excluding ortho intramolecular Hbond substituents is 4. The molecule has 1 aliphatic carbocycles. The Labute approximate surface area is 329 Å². The molecule has 0 radical (unpaired) electrons. The maximum absolute atomic E-state index is 12.9. The molecular weight excluding hydrogens is 748 g/mol. The molecule has 0 fully saturated rings. The van der Waals surface area contributed by atoms with Gasteiger partial charge in [-0.25, -0.2) is 0 Å². The van der Waals surface area contributed by atoms with Gasteiger partial charge in [-0.3, -0.25) is 19.2 Å². The predicted molar refractivity (Wildman–Crippen MR) is 210 cm³/mol. The normalized spacial score (nSPS) is 15.3. The lowest BCUT2D eigenvalue weighted by molar-refractivity contribution is 0.100. The molecule has 0 saturated carbocycles. The minimum atomic E-state index is -1.51. The monoisotopic (exact) mass is 784 g/mol. The molecule has 1 unspecified atom stereocenters. The molecule has 0 saturated heterocycles. The second-order valence-corrected chi connectivity index (χ2v) is 14.6. The number of ether oxygens (including phenoxy) is 1. The summed E-state index contributed by atoms with van der Waals surface area (Å²) < 4.78 is 26.5. The second-order valence-electron chi connectivity index (χ2n) is 14.6. The maximum Gasteiger partial charge on any atom is 0.163 e. The van der Waals surface area contributed by atoms with Crippen molar-refractivity contribution in [2.75, 3.05) is 7.11 Å². The van der Waals surface area contributed by atoms with E-state index in [1.165, 1.54) is 64.1 Å². The number of rotatable bonds is 6. The number of hydrogen-bond donors (Lipinski definition) is 5. The third-order valence-corrected chi connectivity index (χ3v) is 11.2. The predicted octanol–water partition coefficient (Wildman–Crippen LogP) is 8.62. The number of carbonyl (C=O) groups is 4. The van der Waals surface area contributed by atoms with E-state index in [2.05, 4.69) is 0 Å². The van der Waals surface area contributed by atoms with Crippen molar-refractivity contribution in [3.05, 3.63) is 117 Å². The van der Waals surface area contributed by atoms with Gasteiger partial charge in [-0.2, -0.15) is 0 Å². The standard InChI is InChI=1S/C44H32O12.CH4O/c1-17-42-30(28-10-26(20(4)47)33(51)14-37(28)55-42)16-44(39-8-22-6-24(18(2)45)31(49)12-35(22)53-39,40-9-23-7-25(19(3)46)32(50)13-36(23)54-40)41-29-11-27(21(5)48)34(52)15-38(29)56-43(17)41;1-2/h6-15,41,49-52H,16H2,1-5H3;2H,1H3. The molecular formula is C45H36O13. The van der Waals surface area contributed by atoms with Gasteiger partial charge in [0.15, 0.2) is 23.1 Å². The number of furan rings is 3. The number of aliphatic hydroxyl groups excluding tert-OH is 1. The second kappa shape index (κ2) is 13.2. The molecule has 4 heterocycles. The average molecular weight is 785 g/mol. The summed E-state index contributed by atoms with van der Waals surface area (Å²) in [5.74, 6) is -2.07. The van der Waals surface area contributed by atoms with Crippen LogP contribution in [-0.4, -0.2) is 55.8 Å². The van der Waals surface area contributed by atoms with Gasteiger partial charge >= 0.3 is 0 Å². The number of hydrogen-bond acceptors (Lipinski definition) is 13. The zero-order valence-electron chi connectivity index (χ0n) is 32.1. The molecule has 3 aromatic heterocycles. The van der Waals surface area contributed by atoms with E-state index >= 15 is 0 Å². The van der Waals surface area contributed by atoms with Crippen LogP contribution in [-0.2, 0) is 11.8 Å². The fourth-order valence-electron chi connectivity index (χ4n) is 8.46. The smallest absolute Gasteiger partial charge is 0.163 e. The summed E-state index contributed by atoms with van der Waals surface area (Å²) in [5.41, 5.74) is 1.06. The van der Waals surface area contributed by atoms with Crippen LogP contribution in [0.2, 0.25) is 0 Å². The van der Waals surface area contributed by atoms with Crippen molar-refractivity contribution >= 4 is 61.6 Å². The molecule has 7 aromatic rings. The summed E-state index contributed by atoms with van der Waals surface area (Å²) in [6.07, 6.45) is -0.00121. The third-order valence-electron chi connectivity index (χ3n) is 11.2. The molecule has 5 N–H and O–H groups in total. The molecule has 0 amide bonds. The van der Waals surface area contributed by atoms with Gasteiger partial charge in [-0.15, -0.1) is 0 Å². The van der Waals surface area contributed by atoms with E-state index in [4.69, 9.17) is 23.1 Å². The zero-order chi connectivity index (χ0) is 41.7. The summed E-state index contributed by atoms with van der Waals surface area (Å²) in [7, 11) is 1.00. The van der Waals surface area contributed by atoms with Gasteiger partial charge < -0.3 is 43.5 Å². The fraction of sp³-hybridized carbons (Fsp3) is 0.200. The number of fused-ring (bicyclic) bond motifs is 8. The first-order valence-corrected chi connectivity index (χ1v) is 18.1. The summed E-state index contributed by atoms with van der Waals surface area (Å²) in [4.78, 5) is 50.7. The van der Waals surface area contributed by atoms with Crippen molar-refractivity contribution < 1.29 is 62.7 Å². The lowest BCUT2D eigenvalue weighted by Gasteiger charge is -2.35. The number of Topliss-reactive ketones (excluding diaryl/α,β-unsaturated/α-hetero) is 4. The molecule has 0 bridgehead atoms. The number of benzene rings is 4. The van der Waals surface area contributed by atoms with Gasteiger partial charge in [-0.05, 0) is 77.4 Å². The quantitative estimate of drug-likeness (QED) is 0.0999. The number of aliphatic hydroxyl groups is 1. The minimum absolute atomic E-state index is 0.00121. The molecule has 0 spiro atoms. The molecule has 13 nitrogen and oxygen atoms in total. The molecule has 1 atom stereocenters. The van der Waals surface area contributed by atoms with Crippen molar-refractivity contribution in [2.45, 2.75) is 52.4 Å². The Kier molecular flexibility index (Phi) is 8.62. The molecule has 2 aliphatic rings. The molecule has 9 rings (SSSR count). The largest absolute Gasteiger partial charge is 0.507 e. The number of phenols is 4. The van der Waals surface area contributed by atoms with E-state index in [0.717, 1.165) is 7.11 Å². The van der Waals surface area contributed by atoms with Crippen molar-refractivity contribution in [3.8, 4) is 28.7 Å². The first-order valence-electron chi connectivity index (χ1n) is 18.1. The number of ketones is 4. The van der Waals surface area contributed by atoms with Gasteiger partial charge in [0, 0.05) is 64.2 Å².